The molecule has 0 fully saturated rings. The van der Waals surface area contributed by atoms with Gasteiger partial charge in [0.15, 0.2) is 0 Å². The summed E-state index contributed by atoms with van der Waals surface area (Å²) < 4.78 is 1.98. The van der Waals surface area contributed by atoms with E-state index in [0.717, 1.165) is 42.8 Å². The van der Waals surface area contributed by atoms with Gasteiger partial charge in [0.25, 0.3) is 0 Å². The highest BCUT2D eigenvalue weighted by Gasteiger charge is 2.32. The van der Waals surface area contributed by atoms with Gasteiger partial charge in [-0.15, -0.1) is 0 Å². The van der Waals surface area contributed by atoms with Crippen molar-refractivity contribution in [3.05, 3.63) is 53.9 Å². The quantitative estimate of drug-likeness (QED) is 0.734. The Morgan fingerprint density at radius 1 is 1.25 bits per heavy atom. The van der Waals surface area contributed by atoms with Crippen LogP contribution in [0.15, 0.2) is 36.9 Å². The van der Waals surface area contributed by atoms with Crippen LogP contribution < -0.4 is 0 Å². The van der Waals surface area contributed by atoms with E-state index in [1.165, 1.54) is 5.69 Å². The molecule has 4 heterocycles. The molecule has 1 aliphatic rings. The lowest BCUT2D eigenvalue weighted by Crippen LogP contribution is -2.37. The summed E-state index contributed by atoms with van der Waals surface area (Å²) in [5, 5.41) is 15.1. The Labute approximate surface area is 164 Å². The Hall–Kier alpha value is -3.03. The van der Waals surface area contributed by atoms with E-state index in [0.29, 0.717) is 13.0 Å². The number of nitrogens with zero attached hydrogens (tertiary/aromatic N) is 6. The van der Waals surface area contributed by atoms with Gasteiger partial charge in [0.1, 0.15) is 0 Å². The minimum absolute atomic E-state index is 0.0299. The van der Waals surface area contributed by atoms with E-state index in [9.17, 15) is 4.79 Å². The highest BCUT2D eigenvalue weighted by atomic mass is 16.2. The van der Waals surface area contributed by atoms with Crippen LogP contribution in [0.1, 0.15) is 43.6 Å². The standard InChI is InChI=1S/C20H25N7O/c1-20(2)10-18-15(11-23-27(18)17-6-8-21-9-7-17)13-26(14-20)19(28)5-3-4-16-12-22-25-24-16/h6-9,11-12H,3-5,10,13-14H2,1-2H3,(H,22,24,25). The molecule has 1 aliphatic heterocycles. The number of carbonyl (C=O) groups excluding carboxylic acids is 1. The summed E-state index contributed by atoms with van der Waals surface area (Å²) in [4.78, 5) is 19.0. The molecular weight excluding hydrogens is 354 g/mol. The van der Waals surface area contributed by atoms with Crippen molar-refractivity contribution in [3.8, 4) is 5.69 Å². The number of aromatic nitrogens is 6. The summed E-state index contributed by atoms with van der Waals surface area (Å²) in [5.74, 6) is 0.182. The maximum atomic E-state index is 12.9. The van der Waals surface area contributed by atoms with Gasteiger partial charge in [0, 0.05) is 43.2 Å². The second kappa shape index (κ2) is 7.53. The second-order valence-corrected chi connectivity index (χ2v) is 8.14. The smallest absolute Gasteiger partial charge is 0.222 e. The van der Waals surface area contributed by atoms with Crippen molar-refractivity contribution < 1.29 is 4.79 Å². The maximum Gasteiger partial charge on any atom is 0.222 e. The molecular formula is C20H25N7O. The van der Waals surface area contributed by atoms with E-state index in [1.807, 2.05) is 27.9 Å². The van der Waals surface area contributed by atoms with E-state index < -0.39 is 0 Å². The molecule has 1 N–H and O–H groups in total. The summed E-state index contributed by atoms with van der Waals surface area (Å²) in [6.45, 7) is 5.76. The van der Waals surface area contributed by atoms with Gasteiger partial charge in [0.2, 0.25) is 5.91 Å². The van der Waals surface area contributed by atoms with E-state index in [-0.39, 0.29) is 11.3 Å². The molecule has 3 aromatic heterocycles. The van der Waals surface area contributed by atoms with Crippen LogP contribution in [0.4, 0.5) is 0 Å². The number of rotatable bonds is 5. The SMILES string of the molecule is CC1(C)Cc2c(cnn2-c2ccncc2)CN(C(=O)CCCc2cn[nH]n2)C1. The molecule has 0 bridgehead atoms. The number of hydrogen-bond donors (Lipinski definition) is 1. The van der Waals surface area contributed by atoms with Gasteiger partial charge < -0.3 is 4.90 Å². The van der Waals surface area contributed by atoms with E-state index in [4.69, 9.17) is 0 Å². The normalized spacial score (nSPS) is 15.9. The highest BCUT2D eigenvalue weighted by molar-refractivity contribution is 5.76. The van der Waals surface area contributed by atoms with Crippen molar-refractivity contribution in [3.63, 3.8) is 0 Å². The molecule has 146 valence electrons. The molecule has 0 atom stereocenters. The average Bonchev–Trinajstić information content (AvgIpc) is 3.29. The largest absolute Gasteiger partial charge is 0.338 e. The van der Waals surface area contributed by atoms with Crippen LogP contribution in [0, 0.1) is 5.41 Å². The molecule has 28 heavy (non-hydrogen) atoms. The summed E-state index contributed by atoms with van der Waals surface area (Å²) in [6, 6.07) is 3.91. The number of hydrogen-bond acceptors (Lipinski definition) is 5. The monoisotopic (exact) mass is 379 g/mol. The first kappa shape index (κ1) is 18.3. The molecule has 4 rings (SSSR count). The topological polar surface area (TPSA) is 92.6 Å². The molecule has 0 aliphatic carbocycles. The molecule has 0 spiro atoms. The molecule has 8 nitrogen and oxygen atoms in total. The van der Waals surface area contributed by atoms with Crippen LogP contribution in [0.25, 0.3) is 5.69 Å². The van der Waals surface area contributed by atoms with E-state index >= 15 is 0 Å². The highest BCUT2D eigenvalue weighted by Crippen LogP contribution is 2.31. The minimum Gasteiger partial charge on any atom is -0.338 e. The van der Waals surface area contributed by atoms with Crippen molar-refractivity contribution >= 4 is 5.91 Å². The minimum atomic E-state index is -0.0299. The van der Waals surface area contributed by atoms with Gasteiger partial charge in [-0.1, -0.05) is 13.8 Å². The van der Waals surface area contributed by atoms with Crippen molar-refractivity contribution in [1.82, 2.24) is 35.1 Å². The van der Waals surface area contributed by atoms with Gasteiger partial charge in [-0.3, -0.25) is 9.78 Å². The van der Waals surface area contributed by atoms with Gasteiger partial charge in [-0.2, -0.15) is 20.5 Å². The molecule has 8 heteroatoms. The fourth-order valence-corrected chi connectivity index (χ4v) is 3.82. The van der Waals surface area contributed by atoms with Crippen LogP contribution >= 0.6 is 0 Å². The molecule has 3 aromatic rings. The van der Waals surface area contributed by atoms with Crippen molar-refractivity contribution in [2.75, 3.05) is 6.54 Å². The number of aryl methyl sites for hydroxylation is 1. The summed E-state index contributed by atoms with van der Waals surface area (Å²) in [7, 11) is 0. The van der Waals surface area contributed by atoms with Crippen molar-refractivity contribution in [2.45, 2.75) is 46.1 Å². The van der Waals surface area contributed by atoms with Crippen LogP contribution in [0.2, 0.25) is 0 Å². The van der Waals surface area contributed by atoms with Crippen molar-refractivity contribution in [1.29, 1.82) is 0 Å². The van der Waals surface area contributed by atoms with Gasteiger partial charge in [-0.25, -0.2) is 4.68 Å². The Morgan fingerprint density at radius 2 is 2.07 bits per heavy atom. The fraction of sp³-hybridized carbons (Fsp3) is 0.450. The molecule has 0 aromatic carbocycles. The lowest BCUT2D eigenvalue weighted by atomic mass is 9.87. The van der Waals surface area contributed by atoms with Crippen LogP contribution in [-0.4, -0.2) is 47.5 Å². The fourth-order valence-electron chi connectivity index (χ4n) is 3.82. The number of amides is 1. The first-order valence-corrected chi connectivity index (χ1v) is 9.60. The first-order chi connectivity index (χ1) is 13.5. The number of nitrogens with one attached hydrogen (secondary N) is 1. The number of carbonyl (C=O) groups is 1. The van der Waals surface area contributed by atoms with Crippen LogP contribution in [0.5, 0.6) is 0 Å². The summed E-state index contributed by atoms with van der Waals surface area (Å²) >= 11 is 0. The molecule has 0 saturated carbocycles. The second-order valence-electron chi connectivity index (χ2n) is 8.14. The maximum absolute atomic E-state index is 12.9. The van der Waals surface area contributed by atoms with Gasteiger partial charge >= 0.3 is 0 Å². The number of H-pyrrole nitrogens is 1. The van der Waals surface area contributed by atoms with Crippen LogP contribution in [0.3, 0.4) is 0 Å². The zero-order valence-electron chi connectivity index (χ0n) is 16.3. The Kier molecular flexibility index (Phi) is 4.93. The third-order valence-corrected chi connectivity index (χ3v) is 5.13. The molecule has 0 unspecified atom stereocenters. The van der Waals surface area contributed by atoms with Crippen molar-refractivity contribution in [2.24, 2.45) is 5.41 Å². The zero-order chi connectivity index (χ0) is 19.6. The Balaban J connectivity index is 1.50. The average molecular weight is 379 g/mol. The number of fused-ring (bicyclic) bond motifs is 1. The molecule has 0 radical (unpaired) electrons. The predicted octanol–water partition coefficient (Wildman–Crippen LogP) is 2.32. The lowest BCUT2D eigenvalue weighted by Gasteiger charge is -2.30. The summed E-state index contributed by atoms with van der Waals surface area (Å²) in [5.41, 5.74) is 4.16. The van der Waals surface area contributed by atoms with E-state index in [1.54, 1.807) is 18.6 Å². The lowest BCUT2D eigenvalue weighted by molar-refractivity contribution is -0.133. The Morgan fingerprint density at radius 3 is 2.82 bits per heavy atom. The number of aromatic amines is 1. The van der Waals surface area contributed by atoms with Gasteiger partial charge in [0.05, 0.1) is 23.8 Å². The Bertz CT molecular complexity index is 931. The molecule has 0 saturated heterocycles. The third kappa shape index (κ3) is 3.95. The third-order valence-electron chi connectivity index (χ3n) is 5.13. The molecule has 1 amide bonds. The predicted molar refractivity (Wildman–Crippen MR) is 104 cm³/mol. The zero-order valence-corrected chi connectivity index (χ0v) is 16.3. The number of pyridine rings is 1. The van der Waals surface area contributed by atoms with Gasteiger partial charge in [-0.05, 0) is 36.8 Å². The summed E-state index contributed by atoms with van der Waals surface area (Å²) in [6.07, 6.45) is 10.1. The first-order valence-electron chi connectivity index (χ1n) is 9.60. The van der Waals surface area contributed by atoms with Crippen LogP contribution in [-0.2, 0) is 24.2 Å². The van der Waals surface area contributed by atoms with E-state index in [2.05, 4.69) is 39.3 Å².